The van der Waals surface area contributed by atoms with Crippen molar-refractivity contribution in [3.63, 3.8) is 0 Å². The van der Waals surface area contributed by atoms with Crippen LogP contribution in [0.4, 0.5) is 5.82 Å². The molecule has 0 atom stereocenters. The molecule has 0 unspecified atom stereocenters. The van der Waals surface area contributed by atoms with Crippen molar-refractivity contribution in [1.82, 2.24) is 14.5 Å². The van der Waals surface area contributed by atoms with Gasteiger partial charge in [0.15, 0.2) is 5.82 Å². The molecule has 150 valence electrons. The molecule has 3 aromatic carbocycles. The number of hydrogen-bond donors (Lipinski definition) is 2. The highest BCUT2D eigenvalue weighted by atomic mass is 16.3. The molecule has 0 radical (unpaired) electrons. The van der Waals surface area contributed by atoms with Crippen LogP contribution in [0.15, 0.2) is 89.4 Å². The van der Waals surface area contributed by atoms with Crippen LogP contribution in [0.1, 0.15) is 10.4 Å². The Labute approximate surface area is 175 Å². The fraction of sp³-hybridized carbons (Fsp3) is 0. The lowest BCUT2D eigenvalue weighted by atomic mass is 10.2. The second-order valence-electron chi connectivity index (χ2n) is 6.79. The minimum atomic E-state index is -0.541. The van der Waals surface area contributed by atoms with Gasteiger partial charge in [0.1, 0.15) is 6.33 Å². The number of rotatable bonds is 3. The van der Waals surface area contributed by atoms with Crippen LogP contribution in [0.2, 0.25) is 0 Å². The van der Waals surface area contributed by atoms with Crippen LogP contribution >= 0.6 is 0 Å². The minimum Gasteiger partial charge on any atom is -0.494 e. The standard InChI is InChI=1S/C23H15N5O3/c29-21(27-26-20-18-7-3-4-8-19(18)24-13-25-20)14-9-11-15(12-10-14)28-22(30)16-5-1-2-6-17(16)23(28)31/h1-13,30-31H. The van der Waals surface area contributed by atoms with Gasteiger partial charge in [-0.3, -0.25) is 9.36 Å². The first-order valence-electron chi connectivity index (χ1n) is 9.41. The molecule has 2 aromatic heterocycles. The minimum absolute atomic E-state index is 0.0810. The Bertz CT molecular complexity index is 1430. The smallest absolute Gasteiger partial charge is 0.295 e. The van der Waals surface area contributed by atoms with Gasteiger partial charge in [-0.15, -0.1) is 10.2 Å². The Balaban J connectivity index is 1.44. The number of amides is 1. The first-order valence-corrected chi connectivity index (χ1v) is 9.41. The van der Waals surface area contributed by atoms with Gasteiger partial charge < -0.3 is 10.2 Å². The van der Waals surface area contributed by atoms with E-state index >= 15 is 0 Å². The molecule has 2 N–H and O–H groups in total. The predicted octanol–water partition coefficient (Wildman–Crippen LogP) is 4.91. The molecule has 0 saturated heterocycles. The normalized spacial score (nSPS) is 11.5. The summed E-state index contributed by atoms with van der Waals surface area (Å²) in [4.78, 5) is 20.7. The summed E-state index contributed by atoms with van der Waals surface area (Å²) in [6.07, 6.45) is 1.37. The van der Waals surface area contributed by atoms with Crippen molar-refractivity contribution < 1.29 is 15.0 Å². The summed E-state index contributed by atoms with van der Waals surface area (Å²) in [7, 11) is 0. The average molecular weight is 409 g/mol. The molecule has 5 rings (SSSR count). The van der Waals surface area contributed by atoms with E-state index in [1.807, 2.05) is 24.3 Å². The van der Waals surface area contributed by atoms with Gasteiger partial charge in [-0.25, -0.2) is 9.97 Å². The predicted molar refractivity (Wildman–Crippen MR) is 115 cm³/mol. The highest BCUT2D eigenvalue weighted by Gasteiger charge is 2.17. The van der Waals surface area contributed by atoms with Gasteiger partial charge in [-0.1, -0.05) is 24.3 Å². The molecular formula is C23H15N5O3. The molecule has 2 heterocycles. The van der Waals surface area contributed by atoms with Crippen LogP contribution in [0, 0.1) is 0 Å². The van der Waals surface area contributed by atoms with E-state index in [9.17, 15) is 15.0 Å². The summed E-state index contributed by atoms with van der Waals surface area (Å²) in [6, 6.07) is 20.6. The number of nitrogens with zero attached hydrogens (tertiary/aromatic N) is 5. The number of benzene rings is 3. The van der Waals surface area contributed by atoms with Gasteiger partial charge in [-0.05, 0) is 48.5 Å². The summed E-state index contributed by atoms with van der Waals surface area (Å²) in [5.41, 5.74) is 1.52. The third-order valence-electron chi connectivity index (χ3n) is 4.96. The molecule has 0 fully saturated rings. The molecule has 0 bridgehead atoms. The van der Waals surface area contributed by atoms with E-state index in [0.717, 1.165) is 0 Å². The zero-order valence-corrected chi connectivity index (χ0v) is 16.0. The Morgan fingerprint density at radius 1 is 0.774 bits per heavy atom. The third kappa shape index (κ3) is 3.16. The highest BCUT2D eigenvalue weighted by Crippen LogP contribution is 2.38. The average Bonchev–Trinajstić information content (AvgIpc) is 3.07. The second kappa shape index (κ2) is 7.34. The lowest BCUT2D eigenvalue weighted by Gasteiger charge is -2.07. The zero-order chi connectivity index (χ0) is 21.4. The molecule has 1 amide bonds. The summed E-state index contributed by atoms with van der Waals surface area (Å²) in [5.74, 6) is -0.394. The molecule has 0 saturated carbocycles. The highest BCUT2D eigenvalue weighted by molar-refractivity contribution is 5.96. The fourth-order valence-electron chi connectivity index (χ4n) is 3.43. The van der Waals surface area contributed by atoms with Gasteiger partial charge in [0, 0.05) is 21.7 Å². The Morgan fingerprint density at radius 3 is 2.06 bits per heavy atom. The molecule has 0 spiro atoms. The van der Waals surface area contributed by atoms with Crippen molar-refractivity contribution in [3.8, 4) is 17.4 Å². The monoisotopic (exact) mass is 409 g/mol. The van der Waals surface area contributed by atoms with Crippen molar-refractivity contribution in [2.75, 3.05) is 0 Å². The van der Waals surface area contributed by atoms with Crippen LogP contribution in [-0.2, 0) is 0 Å². The summed E-state index contributed by atoms with van der Waals surface area (Å²) in [5, 5.41) is 30.5. The van der Waals surface area contributed by atoms with E-state index in [-0.39, 0.29) is 11.8 Å². The van der Waals surface area contributed by atoms with Crippen molar-refractivity contribution in [2.45, 2.75) is 0 Å². The van der Waals surface area contributed by atoms with Gasteiger partial charge >= 0.3 is 0 Å². The number of fused-ring (bicyclic) bond motifs is 2. The van der Waals surface area contributed by atoms with Crippen LogP contribution in [-0.4, -0.2) is 30.7 Å². The summed E-state index contributed by atoms with van der Waals surface area (Å²) in [6.45, 7) is 0. The van der Waals surface area contributed by atoms with Crippen molar-refractivity contribution in [2.24, 2.45) is 10.2 Å². The van der Waals surface area contributed by atoms with Crippen LogP contribution in [0.3, 0.4) is 0 Å². The Kier molecular flexibility index (Phi) is 4.37. The fourth-order valence-corrected chi connectivity index (χ4v) is 3.43. The van der Waals surface area contributed by atoms with Crippen LogP contribution < -0.4 is 0 Å². The van der Waals surface area contributed by atoms with E-state index < -0.39 is 5.91 Å². The number of hydrogen-bond acceptors (Lipinski definition) is 6. The molecule has 5 aromatic rings. The largest absolute Gasteiger partial charge is 0.494 e. The maximum Gasteiger partial charge on any atom is 0.295 e. The maximum absolute atomic E-state index is 12.5. The quantitative estimate of drug-likeness (QED) is 0.411. The van der Waals surface area contributed by atoms with E-state index in [1.54, 1.807) is 48.5 Å². The number of carbonyl (C=O) groups is 1. The molecule has 8 nitrogen and oxygen atoms in total. The van der Waals surface area contributed by atoms with Crippen LogP contribution in [0.5, 0.6) is 11.8 Å². The molecule has 31 heavy (non-hydrogen) atoms. The van der Waals surface area contributed by atoms with Crippen LogP contribution in [0.25, 0.3) is 27.4 Å². The Morgan fingerprint density at radius 2 is 1.39 bits per heavy atom. The maximum atomic E-state index is 12.5. The van der Waals surface area contributed by atoms with E-state index in [2.05, 4.69) is 20.2 Å². The van der Waals surface area contributed by atoms with E-state index in [1.165, 1.54) is 10.9 Å². The summed E-state index contributed by atoms with van der Waals surface area (Å²) >= 11 is 0. The number of carbonyl (C=O) groups excluding carboxylic acids is 1. The topological polar surface area (TPSA) is 113 Å². The van der Waals surface area contributed by atoms with Crippen molar-refractivity contribution in [3.05, 3.63) is 84.7 Å². The third-order valence-corrected chi connectivity index (χ3v) is 4.96. The second-order valence-corrected chi connectivity index (χ2v) is 6.79. The number of azo groups is 1. The van der Waals surface area contributed by atoms with Gasteiger partial charge in [-0.2, -0.15) is 0 Å². The molecule has 0 aliphatic rings. The van der Waals surface area contributed by atoms with E-state index in [4.69, 9.17) is 0 Å². The molecule has 8 heteroatoms. The van der Waals surface area contributed by atoms with Gasteiger partial charge in [0.05, 0.1) is 11.2 Å². The van der Waals surface area contributed by atoms with Crippen molar-refractivity contribution in [1.29, 1.82) is 0 Å². The zero-order valence-electron chi connectivity index (χ0n) is 16.0. The number of aromatic hydroxyl groups is 2. The molecule has 0 aliphatic carbocycles. The van der Waals surface area contributed by atoms with Gasteiger partial charge in [0.25, 0.3) is 5.91 Å². The van der Waals surface area contributed by atoms with Crippen molar-refractivity contribution >= 4 is 33.4 Å². The molecule has 0 aliphatic heterocycles. The first-order chi connectivity index (χ1) is 15.1. The number of para-hydroxylation sites is 1. The lowest BCUT2D eigenvalue weighted by Crippen LogP contribution is -1.97. The lowest BCUT2D eigenvalue weighted by molar-refractivity contribution is 0.0995. The SMILES string of the molecule is O=C(N=Nc1ncnc2ccccc12)c1ccc(-n2c(O)c3ccccc3c2O)cc1. The number of aromatic nitrogens is 3. The first kappa shape index (κ1) is 18.4. The van der Waals surface area contributed by atoms with E-state index in [0.29, 0.717) is 38.7 Å². The Hall–Kier alpha value is -4.59. The van der Waals surface area contributed by atoms with Gasteiger partial charge in [0.2, 0.25) is 11.8 Å². The summed E-state index contributed by atoms with van der Waals surface area (Å²) < 4.78 is 1.31. The molecular weight excluding hydrogens is 394 g/mol.